The van der Waals surface area contributed by atoms with Gasteiger partial charge in [-0.3, -0.25) is 0 Å². The van der Waals surface area contributed by atoms with Gasteiger partial charge in [-0.2, -0.15) is 0 Å². The Hall–Kier alpha value is -1.71. The second-order valence-electron chi connectivity index (χ2n) is 5.06. The fourth-order valence-electron chi connectivity index (χ4n) is 2.45. The number of hydrogen-bond donors (Lipinski definition) is 0. The average molecular weight is 263 g/mol. The lowest BCUT2D eigenvalue weighted by Gasteiger charge is -2.25. The van der Waals surface area contributed by atoms with Gasteiger partial charge in [-0.1, -0.05) is 12.1 Å². The van der Waals surface area contributed by atoms with Crippen LogP contribution in [-0.4, -0.2) is 30.8 Å². The molecule has 1 heterocycles. The highest BCUT2D eigenvalue weighted by Gasteiger charge is 2.31. The maximum Gasteiger partial charge on any atom is 0.410 e. The molecule has 19 heavy (non-hydrogen) atoms. The molecule has 2 rings (SSSR count). The first kappa shape index (κ1) is 13.7. The molecule has 1 amide bonds. The van der Waals surface area contributed by atoms with Gasteiger partial charge >= 0.3 is 6.09 Å². The molecule has 0 radical (unpaired) electrons. The number of carbonyl (C=O) groups is 1. The van der Waals surface area contributed by atoms with E-state index in [9.17, 15) is 4.79 Å². The maximum atomic E-state index is 12.1. The van der Waals surface area contributed by atoms with Crippen LogP contribution in [0.15, 0.2) is 24.3 Å². The van der Waals surface area contributed by atoms with Crippen molar-refractivity contribution >= 4 is 6.09 Å². The van der Waals surface area contributed by atoms with E-state index in [0.29, 0.717) is 0 Å². The van der Waals surface area contributed by atoms with Gasteiger partial charge in [-0.05, 0) is 44.4 Å². The molecule has 1 saturated heterocycles. The van der Waals surface area contributed by atoms with E-state index in [1.54, 1.807) is 7.11 Å². The number of benzene rings is 1. The molecular weight excluding hydrogens is 242 g/mol. The Bertz CT molecular complexity index is 445. The third-order valence-electron chi connectivity index (χ3n) is 3.30. The quantitative estimate of drug-likeness (QED) is 0.839. The minimum atomic E-state index is -0.222. The molecule has 1 aromatic rings. The lowest BCUT2D eigenvalue weighted by molar-refractivity contribution is 0.0731. The van der Waals surface area contributed by atoms with Crippen LogP contribution in [0, 0.1) is 0 Å². The van der Waals surface area contributed by atoms with Gasteiger partial charge in [0.2, 0.25) is 0 Å². The predicted octanol–water partition coefficient (Wildman–Crippen LogP) is 3.38. The molecule has 0 aliphatic carbocycles. The van der Waals surface area contributed by atoms with Crippen molar-refractivity contribution in [3.05, 3.63) is 29.8 Å². The number of ether oxygens (including phenoxy) is 2. The van der Waals surface area contributed by atoms with Crippen molar-refractivity contribution < 1.29 is 14.3 Å². The molecule has 1 fully saturated rings. The van der Waals surface area contributed by atoms with Gasteiger partial charge in [-0.15, -0.1) is 0 Å². The van der Waals surface area contributed by atoms with E-state index in [1.807, 2.05) is 43.0 Å². The van der Waals surface area contributed by atoms with Crippen molar-refractivity contribution in [3.8, 4) is 5.75 Å². The molecule has 1 aromatic carbocycles. The van der Waals surface area contributed by atoms with Crippen LogP contribution in [0.3, 0.4) is 0 Å². The van der Waals surface area contributed by atoms with Gasteiger partial charge in [0.15, 0.2) is 0 Å². The van der Waals surface area contributed by atoms with Crippen molar-refractivity contribution in [1.82, 2.24) is 4.90 Å². The summed E-state index contributed by atoms with van der Waals surface area (Å²) < 4.78 is 10.5. The predicted molar refractivity (Wildman–Crippen MR) is 73.3 cm³/mol. The molecule has 1 aliphatic heterocycles. The van der Waals surface area contributed by atoms with Crippen LogP contribution in [-0.2, 0) is 4.74 Å². The number of hydrogen-bond acceptors (Lipinski definition) is 3. The lowest BCUT2D eigenvalue weighted by atomic mass is 10.0. The number of likely N-dealkylation sites (tertiary alicyclic amines) is 1. The van der Waals surface area contributed by atoms with Crippen LogP contribution in [0.5, 0.6) is 5.75 Å². The molecule has 1 atom stereocenters. The van der Waals surface area contributed by atoms with E-state index in [1.165, 1.54) is 0 Å². The SMILES string of the molecule is COc1cccc(C2CCCN2C(=O)OC(C)C)c1. The molecule has 0 spiro atoms. The van der Waals surface area contributed by atoms with E-state index in [4.69, 9.17) is 9.47 Å². The normalized spacial score (nSPS) is 18.7. The zero-order valence-corrected chi connectivity index (χ0v) is 11.8. The third kappa shape index (κ3) is 3.19. The summed E-state index contributed by atoms with van der Waals surface area (Å²) in [6.07, 6.45) is 1.68. The summed E-state index contributed by atoms with van der Waals surface area (Å²) in [5, 5.41) is 0. The van der Waals surface area contributed by atoms with E-state index in [2.05, 4.69) is 0 Å². The van der Waals surface area contributed by atoms with E-state index in [-0.39, 0.29) is 18.2 Å². The Labute approximate surface area is 114 Å². The summed E-state index contributed by atoms with van der Waals surface area (Å²) in [4.78, 5) is 13.9. The van der Waals surface area contributed by atoms with Crippen LogP contribution in [0.4, 0.5) is 4.79 Å². The van der Waals surface area contributed by atoms with Gasteiger partial charge in [0.05, 0.1) is 19.3 Å². The molecule has 0 saturated carbocycles. The van der Waals surface area contributed by atoms with Gasteiger partial charge in [0.25, 0.3) is 0 Å². The summed E-state index contributed by atoms with van der Waals surface area (Å²) in [7, 11) is 1.65. The topological polar surface area (TPSA) is 38.8 Å². The van der Waals surface area contributed by atoms with Crippen LogP contribution < -0.4 is 4.74 Å². The maximum absolute atomic E-state index is 12.1. The number of methoxy groups -OCH3 is 1. The molecule has 104 valence electrons. The van der Waals surface area contributed by atoms with Crippen molar-refractivity contribution in [2.45, 2.75) is 38.8 Å². The largest absolute Gasteiger partial charge is 0.497 e. The summed E-state index contributed by atoms with van der Waals surface area (Å²) >= 11 is 0. The average Bonchev–Trinajstić information content (AvgIpc) is 2.87. The number of nitrogens with zero attached hydrogens (tertiary/aromatic N) is 1. The standard InChI is InChI=1S/C15H21NO3/c1-11(2)19-15(17)16-9-5-8-14(16)12-6-4-7-13(10-12)18-3/h4,6-7,10-11,14H,5,8-9H2,1-3H3. The third-order valence-corrected chi connectivity index (χ3v) is 3.30. The highest BCUT2D eigenvalue weighted by Crippen LogP contribution is 2.33. The molecule has 4 heteroatoms. The minimum Gasteiger partial charge on any atom is -0.497 e. The molecular formula is C15H21NO3. The van der Waals surface area contributed by atoms with Crippen molar-refractivity contribution in [3.63, 3.8) is 0 Å². The number of rotatable bonds is 3. The molecule has 1 aliphatic rings. The summed E-state index contributed by atoms with van der Waals surface area (Å²) in [5.74, 6) is 0.821. The Balaban J connectivity index is 2.15. The van der Waals surface area contributed by atoms with Crippen molar-refractivity contribution in [2.75, 3.05) is 13.7 Å². The second-order valence-corrected chi connectivity index (χ2v) is 5.06. The van der Waals surface area contributed by atoms with Crippen LogP contribution in [0.1, 0.15) is 38.3 Å². The van der Waals surface area contributed by atoms with Gasteiger partial charge in [0, 0.05) is 6.54 Å². The van der Waals surface area contributed by atoms with Crippen LogP contribution >= 0.6 is 0 Å². The Morgan fingerprint density at radius 3 is 2.89 bits per heavy atom. The second kappa shape index (κ2) is 5.95. The summed E-state index contributed by atoms with van der Waals surface area (Å²) in [6, 6.07) is 7.99. The molecule has 1 unspecified atom stereocenters. The van der Waals surface area contributed by atoms with Gasteiger partial charge in [0.1, 0.15) is 5.75 Å². The zero-order chi connectivity index (χ0) is 13.8. The molecule has 0 N–H and O–H groups in total. The number of carbonyl (C=O) groups excluding carboxylic acids is 1. The van der Waals surface area contributed by atoms with Gasteiger partial charge in [-0.25, -0.2) is 4.79 Å². The highest BCUT2D eigenvalue weighted by molar-refractivity contribution is 5.69. The lowest BCUT2D eigenvalue weighted by Crippen LogP contribution is -2.32. The first-order chi connectivity index (χ1) is 9.11. The Kier molecular flexibility index (Phi) is 4.30. The van der Waals surface area contributed by atoms with Gasteiger partial charge < -0.3 is 14.4 Å². The number of amides is 1. The summed E-state index contributed by atoms with van der Waals surface area (Å²) in [6.45, 7) is 4.50. The first-order valence-electron chi connectivity index (χ1n) is 6.73. The summed E-state index contributed by atoms with van der Waals surface area (Å²) in [5.41, 5.74) is 1.11. The Morgan fingerprint density at radius 1 is 1.42 bits per heavy atom. The monoisotopic (exact) mass is 263 g/mol. The van der Waals surface area contributed by atoms with Crippen molar-refractivity contribution in [2.24, 2.45) is 0 Å². The van der Waals surface area contributed by atoms with Crippen LogP contribution in [0.25, 0.3) is 0 Å². The van der Waals surface area contributed by atoms with E-state index in [0.717, 1.165) is 30.7 Å². The van der Waals surface area contributed by atoms with Crippen molar-refractivity contribution in [1.29, 1.82) is 0 Å². The van der Waals surface area contributed by atoms with Crippen LogP contribution in [0.2, 0.25) is 0 Å². The first-order valence-corrected chi connectivity index (χ1v) is 6.73. The molecule has 0 bridgehead atoms. The van der Waals surface area contributed by atoms with E-state index < -0.39 is 0 Å². The molecule has 0 aromatic heterocycles. The Morgan fingerprint density at radius 2 is 2.21 bits per heavy atom. The molecule has 4 nitrogen and oxygen atoms in total. The zero-order valence-electron chi connectivity index (χ0n) is 11.8. The fourth-order valence-corrected chi connectivity index (χ4v) is 2.45. The smallest absolute Gasteiger partial charge is 0.410 e. The minimum absolute atomic E-state index is 0.0842. The highest BCUT2D eigenvalue weighted by atomic mass is 16.6. The fraction of sp³-hybridized carbons (Fsp3) is 0.533. The van der Waals surface area contributed by atoms with E-state index >= 15 is 0 Å².